The fourth-order valence-electron chi connectivity index (χ4n) is 3.27. The van der Waals surface area contributed by atoms with E-state index in [2.05, 4.69) is 39.1 Å². The summed E-state index contributed by atoms with van der Waals surface area (Å²) in [5.41, 5.74) is 3.63. The highest BCUT2D eigenvalue weighted by molar-refractivity contribution is 7.98. The summed E-state index contributed by atoms with van der Waals surface area (Å²) in [4.78, 5) is 14.2. The molecule has 134 valence electrons. The van der Waals surface area contributed by atoms with Gasteiger partial charge in [-0.15, -0.1) is 11.3 Å². The van der Waals surface area contributed by atoms with Crippen LogP contribution in [0.3, 0.4) is 0 Å². The number of hydrogen-bond donors (Lipinski definition) is 0. The van der Waals surface area contributed by atoms with Gasteiger partial charge in [-0.2, -0.15) is 0 Å². The summed E-state index contributed by atoms with van der Waals surface area (Å²) in [7, 11) is 1.73. The molecule has 1 aromatic carbocycles. The van der Waals surface area contributed by atoms with Crippen molar-refractivity contribution in [1.82, 2.24) is 14.9 Å². The van der Waals surface area contributed by atoms with Crippen LogP contribution >= 0.6 is 23.1 Å². The van der Waals surface area contributed by atoms with E-state index in [9.17, 15) is 0 Å². The first-order valence-electron chi connectivity index (χ1n) is 8.60. The normalized spacial score (nSPS) is 14.2. The molecule has 2 aromatic heterocycles. The van der Waals surface area contributed by atoms with Crippen molar-refractivity contribution in [1.29, 1.82) is 0 Å². The number of para-hydroxylation sites is 1. The van der Waals surface area contributed by atoms with E-state index in [1.165, 1.54) is 21.0 Å². The predicted octanol–water partition coefficient (Wildman–Crippen LogP) is 4.49. The maximum atomic E-state index is 5.50. The Morgan fingerprint density at radius 2 is 2.12 bits per heavy atom. The minimum absolute atomic E-state index is 0.872. The number of aromatic nitrogens is 2. The third-order valence-electron chi connectivity index (χ3n) is 4.59. The number of thioether (sulfide) groups is 1. The second-order valence-electron chi connectivity index (χ2n) is 6.26. The van der Waals surface area contributed by atoms with Crippen LogP contribution in [0.2, 0.25) is 0 Å². The van der Waals surface area contributed by atoms with Gasteiger partial charge in [0.2, 0.25) is 0 Å². The third-order valence-corrected chi connectivity index (χ3v) is 6.25. The monoisotopic (exact) mass is 383 g/mol. The molecular weight excluding hydrogens is 362 g/mol. The minimum Gasteiger partial charge on any atom is -0.496 e. The highest BCUT2D eigenvalue weighted by Gasteiger charge is 2.19. The van der Waals surface area contributed by atoms with Gasteiger partial charge in [0.25, 0.3) is 0 Å². The Morgan fingerprint density at radius 3 is 2.96 bits per heavy atom. The highest BCUT2D eigenvalue weighted by atomic mass is 32.2. The first-order valence-corrected chi connectivity index (χ1v) is 10.6. The van der Waals surface area contributed by atoms with E-state index in [1.54, 1.807) is 18.9 Å². The van der Waals surface area contributed by atoms with Gasteiger partial charge in [0.15, 0.2) is 5.16 Å². The van der Waals surface area contributed by atoms with Gasteiger partial charge in [-0.25, -0.2) is 9.97 Å². The van der Waals surface area contributed by atoms with Crippen molar-refractivity contribution in [3.8, 4) is 16.2 Å². The largest absolute Gasteiger partial charge is 0.496 e. The van der Waals surface area contributed by atoms with Gasteiger partial charge in [0.05, 0.1) is 12.8 Å². The molecule has 0 radical (unpaired) electrons. The number of thiophene rings is 1. The molecule has 4 rings (SSSR count). The molecule has 0 amide bonds. The number of methoxy groups -OCH3 is 1. The van der Waals surface area contributed by atoms with Crippen molar-refractivity contribution in [2.45, 2.75) is 24.7 Å². The lowest BCUT2D eigenvalue weighted by atomic mass is 10.1. The molecule has 0 saturated heterocycles. The molecule has 26 heavy (non-hydrogen) atoms. The highest BCUT2D eigenvalue weighted by Crippen LogP contribution is 2.35. The van der Waals surface area contributed by atoms with E-state index in [-0.39, 0.29) is 0 Å². The smallest absolute Gasteiger partial charge is 0.187 e. The van der Waals surface area contributed by atoms with Crippen LogP contribution < -0.4 is 4.74 Å². The van der Waals surface area contributed by atoms with Gasteiger partial charge >= 0.3 is 0 Å². The molecule has 6 heteroatoms. The summed E-state index contributed by atoms with van der Waals surface area (Å²) < 4.78 is 5.50. The molecule has 3 aromatic rings. The van der Waals surface area contributed by atoms with Crippen LogP contribution in [0.4, 0.5) is 0 Å². The van der Waals surface area contributed by atoms with Crippen molar-refractivity contribution in [3.63, 3.8) is 0 Å². The Kier molecular flexibility index (Phi) is 5.24. The van der Waals surface area contributed by atoms with Crippen molar-refractivity contribution in [3.05, 3.63) is 58.7 Å². The van der Waals surface area contributed by atoms with Crippen LogP contribution in [0.25, 0.3) is 10.4 Å². The Morgan fingerprint density at radius 1 is 1.23 bits per heavy atom. The van der Waals surface area contributed by atoms with Crippen LogP contribution in [0.5, 0.6) is 5.75 Å². The standard InChI is InChI=1S/C20H21N3OS2/c1-24-18-6-4-3-5-16(18)19-8-7-15(26-19)13-23-10-9-17-14(12-23)11-21-20(22-17)25-2/h3-8,11H,9-10,12-13H2,1-2H3. The molecule has 0 saturated carbocycles. The van der Waals surface area contributed by atoms with Gasteiger partial charge in [-0.3, -0.25) is 4.90 Å². The maximum absolute atomic E-state index is 5.50. The number of rotatable bonds is 5. The molecule has 0 aliphatic carbocycles. The molecule has 3 heterocycles. The van der Waals surface area contributed by atoms with Crippen LogP contribution in [-0.4, -0.2) is 34.8 Å². The molecule has 1 aliphatic heterocycles. The zero-order valence-electron chi connectivity index (χ0n) is 14.9. The fraction of sp³-hybridized carbons (Fsp3) is 0.300. The number of benzene rings is 1. The minimum atomic E-state index is 0.872. The number of ether oxygens (including phenoxy) is 1. The van der Waals surface area contributed by atoms with Crippen molar-refractivity contribution < 1.29 is 4.74 Å². The average molecular weight is 384 g/mol. The Labute approximate surface area is 162 Å². The number of hydrogen-bond acceptors (Lipinski definition) is 6. The van der Waals surface area contributed by atoms with Crippen LogP contribution in [0, 0.1) is 0 Å². The lowest BCUT2D eigenvalue weighted by molar-refractivity contribution is 0.244. The quantitative estimate of drug-likeness (QED) is 0.479. The molecule has 0 N–H and O–H groups in total. The summed E-state index contributed by atoms with van der Waals surface area (Å²) in [6, 6.07) is 12.6. The zero-order valence-corrected chi connectivity index (χ0v) is 16.6. The lowest BCUT2D eigenvalue weighted by Gasteiger charge is -2.27. The van der Waals surface area contributed by atoms with Crippen LogP contribution in [0.15, 0.2) is 47.8 Å². The molecule has 1 aliphatic rings. The van der Waals surface area contributed by atoms with Gasteiger partial charge in [-0.05, 0) is 30.5 Å². The third kappa shape index (κ3) is 3.63. The maximum Gasteiger partial charge on any atom is 0.187 e. The van der Waals surface area contributed by atoms with E-state index in [1.807, 2.05) is 35.9 Å². The summed E-state index contributed by atoms with van der Waals surface area (Å²) in [6.07, 6.45) is 5.01. The second kappa shape index (κ2) is 7.78. The van der Waals surface area contributed by atoms with Crippen molar-refractivity contribution >= 4 is 23.1 Å². The molecule has 0 bridgehead atoms. The average Bonchev–Trinajstić information content (AvgIpc) is 3.15. The molecule has 0 atom stereocenters. The molecular formula is C20H21N3OS2. The Balaban J connectivity index is 1.48. The second-order valence-corrected chi connectivity index (χ2v) is 8.20. The predicted molar refractivity (Wildman–Crippen MR) is 108 cm³/mol. The SMILES string of the molecule is COc1ccccc1-c1ccc(CN2CCc3nc(SC)ncc3C2)s1. The summed E-state index contributed by atoms with van der Waals surface area (Å²) in [5, 5.41) is 0.872. The van der Waals surface area contributed by atoms with Gasteiger partial charge in [0, 0.05) is 53.1 Å². The lowest BCUT2D eigenvalue weighted by Crippen LogP contribution is -2.30. The van der Waals surface area contributed by atoms with Crippen molar-refractivity contribution in [2.75, 3.05) is 19.9 Å². The van der Waals surface area contributed by atoms with E-state index in [0.717, 1.165) is 42.5 Å². The van der Waals surface area contributed by atoms with Crippen molar-refractivity contribution in [2.24, 2.45) is 0 Å². The molecule has 4 nitrogen and oxygen atoms in total. The zero-order chi connectivity index (χ0) is 17.9. The van der Waals surface area contributed by atoms with E-state index in [4.69, 9.17) is 4.74 Å². The van der Waals surface area contributed by atoms with Crippen LogP contribution in [0.1, 0.15) is 16.1 Å². The summed E-state index contributed by atoms with van der Waals surface area (Å²) in [6.45, 7) is 2.93. The van der Waals surface area contributed by atoms with Crippen LogP contribution in [-0.2, 0) is 19.5 Å². The van der Waals surface area contributed by atoms with E-state index < -0.39 is 0 Å². The summed E-state index contributed by atoms with van der Waals surface area (Å²) >= 11 is 3.44. The first-order chi connectivity index (χ1) is 12.8. The molecule has 0 fully saturated rings. The Bertz CT molecular complexity index is 910. The summed E-state index contributed by atoms with van der Waals surface area (Å²) in [5.74, 6) is 0.926. The Hall–Kier alpha value is -1.89. The molecule has 0 spiro atoms. The first kappa shape index (κ1) is 17.5. The van der Waals surface area contributed by atoms with E-state index in [0.29, 0.717) is 0 Å². The fourth-order valence-corrected chi connectivity index (χ4v) is 4.71. The molecule has 0 unspecified atom stereocenters. The number of fused-ring (bicyclic) bond motifs is 1. The van der Waals surface area contributed by atoms with Gasteiger partial charge in [0.1, 0.15) is 5.75 Å². The topological polar surface area (TPSA) is 38.2 Å². The van der Waals surface area contributed by atoms with Gasteiger partial charge < -0.3 is 4.74 Å². The van der Waals surface area contributed by atoms with E-state index >= 15 is 0 Å². The number of nitrogens with zero attached hydrogens (tertiary/aromatic N) is 3. The van der Waals surface area contributed by atoms with Gasteiger partial charge in [-0.1, -0.05) is 23.9 Å².